The molecule has 1 amide bonds. The van der Waals surface area contributed by atoms with Crippen LogP contribution in [0.3, 0.4) is 0 Å². The highest BCUT2D eigenvalue weighted by molar-refractivity contribution is 5.78. The van der Waals surface area contributed by atoms with E-state index in [4.69, 9.17) is 4.74 Å². The molecule has 0 spiro atoms. The van der Waals surface area contributed by atoms with E-state index in [9.17, 15) is 4.79 Å². The Labute approximate surface area is 143 Å². The normalized spacial score (nSPS) is 15.5. The van der Waals surface area contributed by atoms with Crippen molar-refractivity contribution in [1.29, 1.82) is 0 Å². The highest BCUT2D eigenvalue weighted by Gasteiger charge is 2.23. The van der Waals surface area contributed by atoms with Crippen LogP contribution in [0.5, 0.6) is 0 Å². The molecule has 2 aromatic rings. The molecule has 0 radical (unpaired) electrons. The number of hydrogen-bond donors (Lipinski definition) is 0. The molecule has 3 rings (SSSR count). The Balaban J connectivity index is 1.42. The first kappa shape index (κ1) is 16.7. The zero-order valence-corrected chi connectivity index (χ0v) is 14.1. The van der Waals surface area contributed by atoms with Crippen LogP contribution < -0.4 is 0 Å². The number of nitrogens with zero attached hydrogens (tertiary/aromatic N) is 2. The second-order valence-electron chi connectivity index (χ2n) is 6.36. The van der Waals surface area contributed by atoms with E-state index in [1.54, 1.807) is 6.20 Å². The average molecular weight is 324 g/mol. The first-order valence-corrected chi connectivity index (χ1v) is 8.55. The first-order chi connectivity index (χ1) is 11.7. The standard InChI is InChI=1S/C20H24N2O2/c1-16-7-8-18(14-21-16)13-20(23)22-11-9-19(10-12-22)24-15-17-5-3-2-4-6-17/h2-8,14,19H,9-13,15H2,1H3. The molecule has 1 aliphatic heterocycles. The lowest BCUT2D eigenvalue weighted by molar-refractivity contribution is -0.133. The number of aryl methyl sites for hydroxylation is 1. The van der Waals surface area contributed by atoms with Crippen molar-refractivity contribution in [3.63, 3.8) is 0 Å². The number of rotatable bonds is 5. The zero-order valence-electron chi connectivity index (χ0n) is 14.1. The monoisotopic (exact) mass is 324 g/mol. The van der Waals surface area contributed by atoms with Gasteiger partial charge in [0.15, 0.2) is 0 Å². The lowest BCUT2D eigenvalue weighted by Gasteiger charge is -2.32. The molecule has 0 saturated carbocycles. The summed E-state index contributed by atoms with van der Waals surface area (Å²) in [4.78, 5) is 18.6. The van der Waals surface area contributed by atoms with Gasteiger partial charge in [0.25, 0.3) is 0 Å². The smallest absolute Gasteiger partial charge is 0.227 e. The van der Waals surface area contributed by atoms with Crippen molar-refractivity contribution in [3.8, 4) is 0 Å². The predicted molar refractivity (Wildman–Crippen MR) is 93.5 cm³/mol. The topological polar surface area (TPSA) is 42.4 Å². The summed E-state index contributed by atoms with van der Waals surface area (Å²) in [7, 11) is 0. The fraction of sp³-hybridized carbons (Fsp3) is 0.400. The minimum Gasteiger partial charge on any atom is -0.373 e. The molecule has 0 unspecified atom stereocenters. The molecule has 1 aromatic heterocycles. The van der Waals surface area contributed by atoms with Crippen LogP contribution in [0.15, 0.2) is 48.7 Å². The van der Waals surface area contributed by atoms with Crippen molar-refractivity contribution in [1.82, 2.24) is 9.88 Å². The second kappa shape index (κ2) is 8.06. The van der Waals surface area contributed by atoms with Crippen molar-refractivity contribution in [3.05, 3.63) is 65.5 Å². The quantitative estimate of drug-likeness (QED) is 0.848. The molecule has 1 aromatic carbocycles. The fourth-order valence-corrected chi connectivity index (χ4v) is 2.95. The third-order valence-corrected chi connectivity index (χ3v) is 4.45. The van der Waals surface area contributed by atoms with Gasteiger partial charge in [-0.05, 0) is 37.0 Å². The van der Waals surface area contributed by atoms with Gasteiger partial charge in [-0.2, -0.15) is 0 Å². The van der Waals surface area contributed by atoms with Crippen LogP contribution in [0.1, 0.15) is 29.7 Å². The van der Waals surface area contributed by atoms with Crippen LogP contribution in [0.2, 0.25) is 0 Å². The van der Waals surface area contributed by atoms with Gasteiger partial charge in [0, 0.05) is 25.0 Å². The number of hydrogen-bond acceptors (Lipinski definition) is 3. The Bertz CT molecular complexity index is 647. The van der Waals surface area contributed by atoms with E-state index < -0.39 is 0 Å². The molecule has 0 atom stereocenters. The van der Waals surface area contributed by atoms with E-state index in [1.165, 1.54) is 5.56 Å². The lowest BCUT2D eigenvalue weighted by atomic mass is 10.1. The highest BCUT2D eigenvalue weighted by atomic mass is 16.5. The van der Waals surface area contributed by atoms with Gasteiger partial charge in [-0.1, -0.05) is 36.4 Å². The van der Waals surface area contributed by atoms with E-state index >= 15 is 0 Å². The summed E-state index contributed by atoms with van der Waals surface area (Å²) >= 11 is 0. The van der Waals surface area contributed by atoms with E-state index in [2.05, 4.69) is 17.1 Å². The minimum atomic E-state index is 0.183. The van der Waals surface area contributed by atoms with Crippen molar-refractivity contribution >= 4 is 5.91 Å². The van der Waals surface area contributed by atoms with Crippen LogP contribution in [0.4, 0.5) is 0 Å². The minimum absolute atomic E-state index is 0.183. The third-order valence-electron chi connectivity index (χ3n) is 4.45. The molecule has 0 bridgehead atoms. The number of benzene rings is 1. The molecule has 2 heterocycles. The van der Waals surface area contributed by atoms with Gasteiger partial charge in [0.05, 0.1) is 19.1 Å². The largest absolute Gasteiger partial charge is 0.373 e. The number of amides is 1. The molecule has 1 aliphatic rings. The van der Waals surface area contributed by atoms with Crippen molar-refractivity contribution in [2.75, 3.05) is 13.1 Å². The number of aromatic nitrogens is 1. The van der Waals surface area contributed by atoms with E-state index in [0.29, 0.717) is 13.0 Å². The summed E-state index contributed by atoms with van der Waals surface area (Å²) in [6.45, 7) is 4.15. The molecule has 4 nitrogen and oxygen atoms in total. The number of carbonyl (C=O) groups is 1. The zero-order chi connectivity index (χ0) is 16.8. The summed E-state index contributed by atoms with van der Waals surface area (Å²) in [5, 5.41) is 0. The fourth-order valence-electron chi connectivity index (χ4n) is 2.95. The Morgan fingerprint density at radius 2 is 1.88 bits per heavy atom. The van der Waals surface area contributed by atoms with Gasteiger partial charge >= 0.3 is 0 Å². The maximum absolute atomic E-state index is 12.4. The van der Waals surface area contributed by atoms with Crippen LogP contribution >= 0.6 is 0 Å². The molecule has 126 valence electrons. The highest BCUT2D eigenvalue weighted by Crippen LogP contribution is 2.17. The number of piperidine rings is 1. The van der Waals surface area contributed by atoms with Crippen LogP contribution in [0.25, 0.3) is 0 Å². The molecular formula is C20H24N2O2. The molecular weight excluding hydrogens is 300 g/mol. The van der Waals surface area contributed by atoms with Gasteiger partial charge in [0.1, 0.15) is 0 Å². The van der Waals surface area contributed by atoms with E-state index in [0.717, 1.165) is 37.2 Å². The Morgan fingerprint density at radius 1 is 1.12 bits per heavy atom. The average Bonchev–Trinajstić information content (AvgIpc) is 2.63. The van der Waals surface area contributed by atoms with Gasteiger partial charge in [-0.25, -0.2) is 0 Å². The number of ether oxygens (including phenoxy) is 1. The number of carbonyl (C=O) groups excluding carboxylic acids is 1. The summed E-state index contributed by atoms with van der Waals surface area (Å²) < 4.78 is 5.98. The van der Waals surface area contributed by atoms with E-state index in [-0.39, 0.29) is 12.0 Å². The molecule has 4 heteroatoms. The van der Waals surface area contributed by atoms with E-state index in [1.807, 2.05) is 42.2 Å². The predicted octanol–water partition coefficient (Wildman–Crippen LogP) is 3.14. The van der Waals surface area contributed by atoms with Gasteiger partial charge in [-0.15, -0.1) is 0 Å². The van der Waals surface area contributed by atoms with Gasteiger partial charge in [-0.3, -0.25) is 9.78 Å². The summed E-state index contributed by atoms with van der Waals surface area (Å²) in [5.74, 6) is 0.183. The van der Waals surface area contributed by atoms with Crippen LogP contribution in [-0.2, 0) is 22.6 Å². The number of pyridine rings is 1. The maximum Gasteiger partial charge on any atom is 0.227 e. The first-order valence-electron chi connectivity index (χ1n) is 8.55. The summed E-state index contributed by atoms with van der Waals surface area (Å²) in [6.07, 6.45) is 4.29. The second-order valence-corrected chi connectivity index (χ2v) is 6.36. The van der Waals surface area contributed by atoms with Crippen molar-refractivity contribution < 1.29 is 9.53 Å². The van der Waals surface area contributed by atoms with Crippen molar-refractivity contribution in [2.24, 2.45) is 0 Å². The third kappa shape index (κ3) is 4.65. The Hall–Kier alpha value is -2.20. The Morgan fingerprint density at radius 3 is 2.54 bits per heavy atom. The van der Waals surface area contributed by atoms with Crippen LogP contribution in [0, 0.1) is 6.92 Å². The molecule has 1 saturated heterocycles. The molecule has 0 N–H and O–H groups in total. The SMILES string of the molecule is Cc1ccc(CC(=O)N2CCC(OCc3ccccc3)CC2)cn1. The summed E-state index contributed by atoms with van der Waals surface area (Å²) in [6, 6.07) is 14.2. The van der Waals surface area contributed by atoms with Gasteiger partial charge in [0.2, 0.25) is 5.91 Å². The maximum atomic E-state index is 12.4. The van der Waals surface area contributed by atoms with Gasteiger partial charge < -0.3 is 9.64 Å². The molecule has 24 heavy (non-hydrogen) atoms. The van der Waals surface area contributed by atoms with Crippen LogP contribution in [-0.4, -0.2) is 35.0 Å². The van der Waals surface area contributed by atoms with Crippen molar-refractivity contribution in [2.45, 2.75) is 38.9 Å². The lowest BCUT2D eigenvalue weighted by Crippen LogP contribution is -2.41. The Kier molecular flexibility index (Phi) is 5.59. The summed E-state index contributed by atoms with van der Waals surface area (Å²) in [5.41, 5.74) is 3.15. The molecule has 0 aliphatic carbocycles. The number of likely N-dealkylation sites (tertiary alicyclic amines) is 1. The molecule has 1 fully saturated rings.